The number of ether oxygens (including phenoxy) is 2. The van der Waals surface area contributed by atoms with E-state index in [1.54, 1.807) is 24.3 Å². The minimum absolute atomic E-state index is 0.288. The Bertz CT molecular complexity index is 304. The summed E-state index contributed by atoms with van der Waals surface area (Å²) in [6, 6.07) is 6.91. The van der Waals surface area contributed by atoms with Crippen molar-refractivity contribution in [2.24, 2.45) is 5.18 Å². The number of rotatable bonds is 2. The van der Waals surface area contributed by atoms with Crippen molar-refractivity contribution in [3.8, 4) is 0 Å². The number of hydrogen-bond donors (Lipinski definition) is 0. The largest absolute Gasteiger partial charge is 0.348 e. The zero-order valence-electron chi connectivity index (χ0n) is 7.68. The summed E-state index contributed by atoms with van der Waals surface area (Å²) in [5.41, 5.74) is 1.35. The van der Waals surface area contributed by atoms with Gasteiger partial charge in [0.25, 0.3) is 0 Å². The zero-order valence-corrected chi connectivity index (χ0v) is 7.68. The number of nitrogens with zero attached hydrogens (tertiary/aromatic N) is 1. The van der Waals surface area contributed by atoms with Gasteiger partial charge >= 0.3 is 0 Å². The van der Waals surface area contributed by atoms with Crippen molar-refractivity contribution >= 4 is 5.69 Å². The Hall–Kier alpha value is -1.26. The second-order valence-corrected chi connectivity index (χ2v) is 3.11. The Kier molecular flexibility index (Phi) is 2.86. The molecule has 0 aromatic heterocycles. The fourth-order valence-corrected chi connectivity index (χ4v) is 1.37. The van der Waals surface area contributed by atoms with E-state index in [0.717, 1.165) is 25.2 Å². The zero-order chi connectivity index (χ0) is 9.80. The monoisotopic (exact) mass is 193 g/mol. The summed E-state index contributed by atoms with van der Waals surface area (Å²) in [4.78, 5) is 10.2. The molecule has 0 spiro atoms. The van der Waals surface area contributed by atoms with Gasteiger partial charge < -0.3 is 9.47 Å². The third kappa shape index (κ3) is 1.97. The lowest BCUT2D eigenvalue weighted by Gasteiger charge is -2.23. The number of hydrogen-bond acceptors (Lipinski definition) is 4. The SMILES string of the molecule is O=Nc1ccc(C2OCCCO2)cc1. The average Bonchev–Trinajstić information content (AvgIpc) is 2.30. The maximum atomic E-state index is 10.2. The van der Waals surface area contributed by atoms with Gasteiger partial charge in [0.1, 0.15) is 5.69 Å². The van der Waals surface area contributed by atoms with E-state index in [2.05, 4.69) is 5.18 Å². The second-order valence-electron chi connectivity index (χ2n) is 3.11. The molecule has 4 nitrogen and oxygen atoms in total. The standard InChI is InChI=1S/C10H11NO3/c12-11-9-4-2-8(3-5-9)10-13-6-1-7-14-10/h2-5,10H,1,6-7H2. The highest BCUT2D eigenvalue weighted by Gasteiger charge is 2.15. The van der Waals surface area contributed by atoms with E-state index in [1.165, 1.54) is 0 Å². The highest BCUT2D eigenvalue weighted by atomic mass is 16.7. The van der Waals surface area contributed by atoms with Gasteiger partial charge in [-0.05, 0) is 23.7 Å². The van der Waals surface area contributed by atoms with Crippen LogP contribution in [0.5, 0.6) is 0 Å². The van der Waals surface area contributed by atoms with Crippen LogP contribution in [-0.2, 0) is 9.47 Å². The van der Waals surface area contributed by atoms with Gasteiger partial charge in [0.05, 0.1) is 13.2 Å². The molecule has 0 atom stereocenters. The third-order valence-corrected chi connectivity index (χ3v) is 2.10. The maximum absolute atomic E-state index is 10.2. The summed E-state index contributed by atoms with van der Waals surface area (Å²) in [7, 11) is 0. The first-order chi connectivity index (χ1) is 6.90. The van der Waals surface area contributed by atoms with E-state index in [-0.39, 0.29) is 6.29 Å². The van der Waals surface area contributed by atoms with Gasteiger partial charge in [0.15, 0.2) is 6.29 Å². The third-order valence-electron chi connectivity index (χ3n) is 2.10. The van der Waals surface area contributed by atoms with Crippen LogP contribution in [0.3, 0.4) is 0 Å². The predicted octanol–water partition coefficient (Wildman–Crippen LogP) is 2.52. The van der Waals surface area contributed by atoms with E-state index < -0.39 is 0 Å². The van der Waals surface area contributed by atoms with Crippen LogP contribution in [0.25, 0.3) is 0 Å². The molecule has 1 heterocycles. The first-order valence-electron chi connectivity index (χ1n) is 4.56. The molecule has 1 aliphatic heterocycles. The maximum Gasteiger partial charge on any atom is 0.183 e. The molecule has 1 saturated heterocycles. The van der Waals surface area contributed by atoms with Crippen LogP contribution < -0.4 is 0 Å². The highest BCUT2D eigenvalue weighted by molar-refractivity contribution is 5.38. The van der Waals surface area contributed by atoms with Crippen molar-refractivity contribution < 1.29 is 9.47 Å². The summed E-state index contributed by atoms with van der Waals surface area (Å²) < 4.78 is 10.8. The molecule has 1 aliphatic rings. The van der Waals surface area contributed by atoms with Gasteiger partial charge in [-0.2, -0.15) is 0 Å². The van der Waals surface area contributed by atoms with E-state index in [4.69, 9.17) is 9.47 Å². The van der Waals surface area contributed by atoms with Gasteiger partial charge in [-0.1, -0.05) is 12.1 Å². The molecule has 1 aromatic carbocycles. The molecular weight excluding hydrogens is 182 g/mol. The average molecular weight is 193 g/mol. The molecule has 1 fully saturated rings. The summed E-state index contributed by atoms with van der Waals surface area (Å²) in [5.74, 6) is 0. The van der Waals surface area contributed by atoms with Crippen LogP contribution in [-0.4, -0.2) is 13.2 Å². The molecule has 0 unspecified atom stereocenters. The van der Waals surface area contributed by atoms with Crippen LogP contribution in [0, 0.1) is 4.91 Å². The number of benzene rings is 1. The molecule has 0 aliphatic carbocycles. The fourth-order valence-electron chi connectivity index (χ4n) is 1.37. The number of nitroso groups, excluding NO2 is 1. The second kappa shape index (κ2) is 4.30. The lowest BCUT2D eigenvalue weighted by molar-refractivity contribution is -0.183. The van der Waals surface area contributed by atoms with Gasteiger partial charge in [-0.25, -0.2) is 0 Å². The van der Waals surface area contributed by atoms with Crippen LogP contribution in [0.2, 0.25) is 0 Å². The minimum Gasteiger partial charge on any atom is -0.348 e. The first-order valence-corrected chi connectivity index (χ1v) is 4.56. The quantitative estimate of drug-likeness (QED) is 0.678. The predicted molar refractivity (Wildman–Crippen MR) is 51.2 cm³/mol. The van der Waals surface area contributed by atoms with Crippen molar-refractivity contribution in [2.45, 2.75) is 12.7 Å². The van der Waals surface area contributed by atoms with Gasteiger partial charge in [0, 0.05) is 5.56 Å². The van der Waals surface area contributed by atoms with E-state index in [0.29, 0.717) is 5.69 Å². The summed E-state index contributed by atoms with van der Waals surface area (Å²) in [6.45, 7) is 1.44. The normalized spacial score (nSPS) is 18.0. The van der Waals surface area contributed by atoms with Crippen molar-refractivity contribution in [3.63, 3.8) is 0 Å². The Morgan fingerprint density at radius 1 is 1.14 bits per heavy atom. The molecule has 0 saturated carbocycles. The Morgan fingerprint density at radius 2 is 1.79 bits per heavy atom. The molecule has 0 radical (unpaired) electrons. The van der Waals surface area contributed by atoms with Crippen LogP contribution in [0.1, 0.15) is 18.3 Å². The summed E-state index contributed by atoms with van der Waals surface area (Å²) in [6.07, 6.45) is 0.647. The Balaban J connectivity index is 2.11. The molecular formula is C10H11NO3. The summed E-state index contributed by atoms with van der Waals surface area (Å²) in [5, 5.41) is 2.83. The van der Waals surface area contributed by atoms with Crippen LogP contribution in [0.4, 0.5) is 5.69 Å². The van der Waals surface area contributed by atoms with Gasteiger partial charge in [-0.15, -0.1) is 4.91 Å². The van der Waals surface area contributed by atoms with Gasteiger partial charge in [0.2, 0.25) is 0 Å². The first kappa shape index (κ1) is 9.30. The van der Waals surface area contributed by atoms with Crippen molar-refractivity contribution in [1.82, 2.24) is 0 Å². The molecule has 0 amide bonds. The van der Waals surface area contributed by atoms with Crippen LogP contribution in [0.15, 0.2) is 29.4 Å². The van der Waals surface area contributed by atoms with E-state index >= 15 is 0 Å². The van der Waals surface area contributed by atoms with Crippen molar-refractivity contribution in [2.75, 3.05) is 13.2 Å². The highest BCUT2D eigenvalue weighted by Crippen LogP contribution is 2.24. The van der Waals surface area contributed by atoms with Crippen molar-refractivity contribution in [1.29, 1.82) is 0 Å². The summed E-state index contributed by atoms with van der Waals surface area (Å²) >= 11 is 0. The van der Waals surface area contributed by atoms with Gasteiger partial charge in [-0.3, -0.25) is 0 Å². The molecule has 14 heavy (non-hydrogen) atoms. The smallest absolute Gasteiger partial charge is 0.183 e. The van der Waals surface area contributed by atoms with E-state index in [9.17, 15) is 4.91 Å². The minimum atomic E-state index is -0.288. The molecule has 74 valence electrons. The van der Waals surface area contributed by atoms with E-state index in [1.807, 2.05) is 0 Å². The molecule has 1 aromatic rings. The lowest BCUT2D eigenvalue weighted by Crippen LogP contribution is -2.17. The lowest BCUT2D eigenvalue weighted by atomic mass is 10.2. The molecule has 0 N–H and O–H groups in total. The Labute approximate surface area is 81.8 Å². The fraction of sp³-hybridized carbons (Fsp3) is 0.400. The molecule has 2 rings (SSSR count). The Morgan fingerprint density at radius 3 is 2.36 bits per heavy atom. The topological polar surface area (TPSA) is 47.9 Å². The molecule has 0 bridgehead atoms. The van der Waals surface area contributed by atoms with Crippen molar-refractivity contribution in [3.05, 3.63) is 34.7 Å². The van der Waals surface area contributed by atoms with Crippen LogP contribution >= 0.6 is 0 Å². The molecule has 4 heteroatoms.